The molecule has 1 aromatic heterocycles. The van der Waals surface area contributed by atoms with E-state index < -0.39 is 5.60 Å². The van der Waals surface area contributed by atoms with Gasteiger partial charge in [-0.05, 0) is 31.2 Å². The average Bonchev–Trinajstić information content (AvgIpc) is 3.12. The Morgan fingerprint density at radius 3 is 2.55 bits per heavy atom. The second kappa shape index (κ2) is 5.37. The zero-order valence-electron chi connectivity index (χ0n) is 11.9. The zero-order chi connectivity index (χ0) is 14.0. The highest BCUT2D eigenvalue weighted by atomic mass is 16.3. The van der Waals surface area contributed by atoms with Gasteiger partial charge in [0.25, 0.3) is 0 Å². The Bertz CT molecular complexity index is 544. The fourth-order valence-electron chi connectivity index (χ4n) is 3.26. The molecule has 2 aromatic rings. The summed E-state index contributed by atoms with van der Waals surface area (Å²) in [5.74, 6) is 0.300. The predicted molar refractivity (Wildman–Crippen MR) is 77.1 cm³/mol. The summed E-state index contributed by atoms with van der Waals surface area (Å²) in [6, 6.07) is 8.22. The van der Waals surface area contributed by atoms with Gasteiger partial charge in [0.2, 0.25) is 0 Å². The number of benzene rings is 1. The second-order valence-electron chi connectivity index (χ2n) is 5.86. The van der Waals surface area contributed by atoms with E-state index in [2.05, 4.69) is 29.1 Å². The lowest BCUT2D eigenvalue weighted by atomic mass is 9.80. The summed E-state index contributed by atoms with van der Waals surface area (Å²) >= 11 is 0. The molecule has 0 spiro atoms. The van der Waals surface area contributed by atoms with Gasteiger partial charge < -0.3 is 5.11 Å². The van der Waals surface area contributed by atoms with Crippen LogP contribution in [0.3, 0.4) is 0 Å². The van der Waals surface area contributed by atoms with Crippen LogP contribution in [-0.2, 0) is 12.1 Å². The monoisotopic (exact) mass is 271 g/mol. The molecule has 1 aliphatic rings. The van der Waals surface area contributed by atoms with Crippen LogP contribution in [0.5, 0.6) is 0 Å². The number of aliphatic hydroxyl groups is 1. The maximum Gasteiger partial charge on any atom is 0.137 e. The summed E-state index contributed by atoms with van der Waals surface area (Å²) in [5, 5.41) is 15.5. The number of aromatic nitrogens is 3. The molecule has 1 aromatic carbocycles. The molecule has 0 amide bonds. The summed E-state index contributed by atoms with van der Waals surface area (Å²) in [5.41, 5.74) is 1.35. The topological polar surface area (TPSA) is 50.9 Å². The van der Waals surface area contributed by atoms with Crippen LogP contribution in [0.15, 0.2) is 36.9 Å². The van der Waals surface area contributed by atoms with Crippen molar-refractivity contribution in [3.63, 3.8) is 0 Å². The van der Waals surface area contributed by atoms with Gasteiger partial charge in [0, 0.05) is 0 Å². The highest BCUT2D eigenvalue weighted by molar-refractivity contribution is 5.27. The van der Waals surface area contributed by atoms with Gasteiger partial charge in [-0.2, -0.15) is 5.10 Å². The van der Waals surface area contributed by atoms with E-state index in [0.717, 1.165) is 18.4 Å². The molecule has 1 N–H and O–H groups in total. The van der Waals surface area contributed by atoms with E-state index in [1.165, 1.54) is 24.7 Å². The fraction of sp³-hybridized carbons (Fsp3) is 0.500. The van der Waals surface area contributed by atoms with Crippen LogP contribution in [0.4, 0.5) is 0 Å². The molecule has 20 heavy (non-hydrogen) atoms. The first-order valence-electron chi connectivity index (χ1n) is 7.30. The summed E-state index contributed by atoms with van der Waals surface area (Å²) in [6.45, 7) is 2.54. The molecule has 0 aliphatic heterocycles. The number of rotatable bonds is 4. The molecule has 1 fully saturated rings. The van der Waals surface area contributed by atoms with Crippen molar-refractivity contribution in [2.24, 2.45) is 5.92 Å². The van der Waals surface area contributed by atoms with E-state index in [0.29, 0.717) is 12.5 Å². The third-order valence-corrected chi connectivity index (χ3v) is 4.45. The number of hydrogen-bond donors (Lipinski definition) is 1. The molecule has 1 atom stereocenters. The smallest absolute Gasteiger partial charge is 0.137 e. The predicted octanol–water partition coefficient (Wildman–Crippen LogP) is 2.66. The van der Waals surface area contributed by atoms with Crippen molar-refractivity contribution in [1.82, 2.24) is 14.8 Å². The SMILES string of the molecule is Cc1ccc(C(O)(Cn2cncn2)C2CCCC2)cc1. The van der Waals surface area contributed by atoms with Gasteiger partial charge in [0.1, 0.15) is 18.3 Å². The Hall–Kier alpha value is -1.68. The minimum Gasteiger partial charge on any atom is -0.383 e. The van der Waals surface area contributed by atoms with Crippen LogP contribution >= 0.6 is 0 Å². The molecule has 106 valence electrons. The molecule has 0 bridgehead atoms. The summed E-state index contributed by atoms with van der Waals surface area (Å²) < 4.78 is 1.73. The number of nitrogens with zero attached hydrogens (tertiary/aromatic N) is 3. The van der Waals surface area contributed by atoms with Crippen molar-refractivity contribution < 1.29 is 5.11 Å². The molecule has 3 rings (SSSR count). The van der Waals surface area contributed by atoms with E-state index in [9.17, 15) is 5.11 Å². The van der Waals surface area contributed by atoms with Crippen LogP contribution < -0.4 is 0 Å². The lowest BCUT2D eigenvalue weighted by Crippen LogP contribution is -2.38. The van der Waals surface area contributed by atoms with Gasteiger partial charge in [-0.25, -0.2) is 9.67 Å². The van der Waals surface area contributed by atoms with Gasteiger partial charge in [-0.3, -0.25) is 0 Å². The van der Waals surface area contributed by atoms with Crippen molar-refractivity contribution in [2.45, 2.75) is 44.8 Å². The Labute approximate surface area is 119 Å². The maximum atomic E-state index is 11.4. The highest BCUT2D eigenvalue weighted by Crippen LogP contribution is 2.41. The van der Waals surface area contributed by atoms with Gasteiger partial charge in [-0.1, -0.05) is 42.7 Å². The molecule has 1 heterocycles. The van der Waals surface area contributed by atoms with E-state index in [1.54, 1.807) is 11.0 Å². The number of hydrogen-bond acceptors (Lipinski definition) is 3. The van der Waals surface area contributed by atoms with Crippen LogP contribution in [0.2, 0.25) is 0 Å². The minimum atomic E-state index is -0.849. The van der Waals surface area contributed by atoms with Gasteiger partial charge in [0.05, 0.1) is 6.54 Å². The van der Waals surface area contributed by atoms with Crippen LogP contribution in [0.1, 0.15) is 36.8 Å². The van der Waals surface area contributed by atoms with E-state index in [-0.39, 0.29) is 0 Å². The largest absolute Gasteiger partial charge is 0.383 e. The molecule has 4 nitrogen and oxygen atoms in total. The lowest BCUT2D eigenvalue weighted by molar-refractivity contribution is -0.0404. The Kier molecular flexibility index (Phi) is 3.57. The third-order valence-electron chi connectivity index (χ3n) is 4.45. The van der Waals surface area contributed by atoms with E-state index in [1.807, 2.05) is 12.1 Å². The maximum absolute atomic E-state index is 11.4. The summed E-state index contributed by atoms with van der Waals surface area (Å²) in [4.78, 5) is 3.98. The van der Waals surface area contributed by atoms with Gasteiger partial charge >= 0.3 is 0 Å². The molecular weight excluding hydrogens is 250 g/mol. The second-order valence-corrected chi connectivity index (χ2v) is 5.86. The van der Waals surface area contributed by atoms with Crippen molar-refractivity contribution in [3.8, 4) is 0 Å². The van der Waals surface area contributed by atoms with Gasteiger partial charge in [-0.15, -0.1) is 0 Å². The normalized spacial score (nSPS) is 19.1. The minimum absolute atomic E-state index is 0.300. The molecular formula is C16H21N3O. The summed E-state index contributed by atoms with van der Waals surface area (Å²) in [7, 11) is 0. The molecule has 4 heteroatoms. The molecule has 0 saturated heterocycles. The molecule has 1 saturated carbocycles. The standard InChI is InChI=1S/C16H21N3O/c1-13-6-8-15(9-7-13)16(20,14-4-2-3-5-14)10-19-12-17-11-18-19/h6-9,11-12,14,20H,2-5,10H2,1H3. The number of aryl methyl sites for hydroxylation is 1. The van der Waals surface area contributed by atoms with Crippen molar-refractivity contribution in [3.05, 3.63) is 48.0 Å². The van der Waals surface area contributed by atoms with Crippen LogP contribution in [0.25, 0.3) is 0 Å². The Morgan fingerprint density at radius 1 is 1.25 bits per heavy atom. The van der Waals surface area contributed by atoms with Crippen molar-refractivity contribution in [1.29, 1.82) is 0 Å². The quantitative estimate of drug-likeness (QED) is 0.930. The zero-order valence-corrected chi connectivity index (χ0v) is 11.9. The Balaban J connectivity index is 1.95. The third kappa shape index (κ3) is 2.48. The Morgan fingerprint density at radius 2 is 1.95 bits per heavy atom. The fourth-order valence-corrected chi connectivity index (χ4v) is 3.26. The van der Waals surface area contributed by atoms with Crippen LogP contribution in [-0.4, -0.2) is 19.9 Å². The first-order valence-corrected chi connectivity index (χ1v) is 7.30. The molecule has 1 unspecified atom stereocenters. The first-order chi connectivity index (χ1) is 9.68. The molecule has 0 radical (unpaired) electrons. The van der Waals surface area contributed by atoms with Crippen LogP contribution in [0, 0.1) is 12.8 Å². The first kappa shape index (κ1) is 13.3. The molecule has 1 aliphatic carbocycles. The lowest BCUT2D eigenvalue weighted by Gasteiger charge is -2.34. The van der Waals surface area contributed by atoms with Gasteiger partial charge in [0.15, 0.2) is 0 Å². The highest BCUT2D eigenvalue weighted by Gasteiger charge is 2.40. The van der Waals surface area contributed by atoms with Crippen molar-refractivity contribution >= 4 is 0 Å². The van der Waals surface area contributed by atoms with E-state index >= 15 is 0 Å². The van der Waals surface area contributed by atoms with E-state index in [4.69, 9.17) is 0 Å². The average molecular weight is 271 g/mol. The van der Waals surface area contributed by atoms with Crippen molar-refractivity contribution in [2.75, 3.05) is 0 Å². The summed E-state index contributed by atoms with van der Waals surface area (Å²) in [6.07, 6.45) is 7.77.